The smallest absolute Gasteiger partial charge is 0.400 e. The Kier molecular flexibility index (Phi) is 3.59. The summed E-state index contributed by atoms with van der Waals surface area (Å²) in [5, 5.41) is 0.727. The van der Waals surface area contributed by atoms with Crippen molar-refractivity contribution in [1.82, 2.24) is 0 Å². The molecule has 0 bridgehead atoms. The van der Waals surface area contributed by atoms with Crippen molar-refractivity contribution in [3.8, 4) is 0 Å². The highest BCUT2D eigenvalue weighted by molar-refractivity contribution is 6.52. The number of benzene rings is 1. The average molecular weight is 265 g/mol. The molecular weight excluding hydrogens is 246 g/mol. The summed E-state index contributed by atoms with van der Waals surface area (Å²) in [5.41, 5.74) is 0.360. The van der Waals surface area contributed by atoms with Crippen LogP contribution < -0.4 is 0 Å². The maximum absolute atomic E-state index is 6.09. The maximum atomic E-state index is 6.09. The quantitative estimate of drug-likeness (QED) is 0.752. The van der Waals surface area contributed by atoms with Crippen molar-refractivity contribution in [2.45, 2.75) is 38.9 Å². The molecule has 0 spiro atoms. The Morgan fingerprint density at radius 3 is 2.17 bits per heavy atom. The predicted octanol–water partition coefficient (Wildman–Crippen LogP) is 3.98. The Balaban J connectivity index is 2.11. The average Bonchev–Trinajstić information content (AvgIpc) is 2.46. The molecule has 0 radical (unpaired) electrons. The van der Waals surface area contributed by atoms with E-state index >= 15 is 0 Å². The largest absolute Gasteiger partial charge is 0.487 e. The van der Waals surface area contributed by atoms with Crippen LogP contribution in [0.1, 0.15) is 33.3 Å². The van der Waals surface area contributed by atoms with Crippen molar-refractivity contribution in [2.75, 3.05) is 0 Å². The van der Waals surface area contributed by atoms with Crippen molar-refractivity contribution in [3.63, 3.8) is 0 Å². The van der Waals surface area contributed by atoms with Crippen molar-refractivity contribution in [1.29, 1.82) is 0 Å². The van der Waals surface area contributed by atoms with Gasteiger partial charge in [-0.25, -0.2) is 0 Å². The highest BCUT2D eigenvalue weighted by Crippen LogP contribution is 2.37. The number of hydrogen-bond donors (Lipinski definition) is 0. The van der Waals surface area contributed by atoms with Gasteiger partial charge in [-0.2, -0.15) is 0 Å². The standard InChI is InChI=1S/C14H18BClO2/c1-13(2)14(3,4)18-15(17-13)10-9-11-7-5-6-8-12(11)16/h5-10H,1-4H3/b10-9-. The predicted molar refractivity (Wildman–Crippen MR) is 76.6 cm³/mol. The lowest BCUT2D eigenvalue weighted by Crippen LogP contribution is -2.41. The van der Waals surface area contributed by atoms with Crippen LogP contribution in [0, 0.1) is 0 Å². The highest BCUT2D eigenvalue weighted by atomic mass is 35.5. The molecule has 0 aliphatic carbocycles. The minimum absolute atomic E-state index is 0.303. The van der Waals surface area contributed by atoms with E-state index < -0.39 is 0 Å². The molecule has 1 heterocycles. The van der Waals surface area contributed by atoms with Crippen LogP contribution >= 0.6 is 11.6 Å². The molecule has 1 aliphatic rings. The van der Waals surface area contributed by atoms with Gasteiger partial charge in [0.1, 0.15) is 0 Å². The van der Waals surface area contributed by atoms with Gasteiger partial charge in [-0.05, 0) is 39.3 Å². The van der Waals surface area contributed by atoms with E-state index in [1.807, 2.05) is 64.0 Å². The second kappa shape index (κ2) is 4.73. The van der Waals surface area contributed by atoms with Gasteiger partial charge in [0.2, 0.25) is 0 Å². The molecule has 1 aromatic carbocycles. The maximum Gasteiger partial charge on any atom is 0.487 e. The molecule has 18 heavy (non-hydrogen) atoms. The molecule has 2 rings (SSSR count). The summed E-state index contributed by atoms with van der Waals surface area (Å²) in [6.45, 7) is 8.15. The third-order valence-electron chi connectivity index (χ3n) is 3.61. The van der Waals surface area contributed by atoms with Crippen LogP contribution in [0.25, 0.3) is 6.08 Å². The Morgan fingerprint density at radius 2 is 1.61 bits per heavy atom. The molecule has 96 valence electrons. The Labute approximate surface area is 114 Å². The number of halogens is 1. The summed E-state index contributed by atoms with van der Waals surface area (Å²) in [4.78, 5) is 0. The lowest BCUT2D eigenvalue weighted by Gasteiger charge is -2.32. The Bertz CT molecular complexity index is 453. The fourth-order valence-corrected chi connectivity index (χ4v) is 1.96. The first-order valence-electron chi connectivity index (χ1n) is 6.10. The third kappa shape index (κ3) is 2.63. The second-order valence-corrected chi connectivity index (χ2v) is 5.91. The van der Waals surface area contributed by atoms with Crippen molar-refractivity contribution < 1.29 is 9.31 Å². The van der Waals surface area contributed by atoms with Crippen LogP contribution in [0.5, 0.6) is 0 Å². The van der Waals surface area contributed by atoms with Crippen LogP contribution in [0.15, 0.2) is 30.2 Å². The Morgan fingerprint density at radius 1 is 1.06 bits per heavy atom. The highest BCUT2D eigenvalue weighted by Gasteiger charge is 2.49. The summed E-state index contributed by atoms with van der Waals surface area (Å²) in [6, 6.07) is 7.69. The molecule has 0 N–H and O–H groups in total. The topological polar surface area (TPSA) is 18.5 Å². The fourth-order valence-electron chi connectivity index (χ4n) is 1.76. The lowest BCUT2D eigenvalue weighted by molar-refractivity contribution is 0.00578. The van der Waals surface area contributed by atoms with E-state index in [0.717, 1.165) is 10.6 Å². The summed E-state index contributed by atoms with van der Waals surface area (Å²) < 4.78 is 11.7. The van der Waals surface area contributed by atoms with Crippen LogP contribution in [-0.2, 0) is 9.31 Å². The summed E-state index contributed by atoms with van der Waals surface area (Å²) in [6.07, 6.45) is 1.94. The number of hydrogen-bond acceptors (Lipinski definition) is 2. The molecular formula is C14H18BClO2. The molecule has 0 unspecified atom stereocenters. The van der Waals surface area contributed by atoms with Crippen molar-refractivity contribution >= 4 is 24.8 Å². The van der Waals surface area contributed by atoms with E-state index in [-0.39, 0.29) is 18.3 Å². The molecule has 0 aromatic heterocycles. The van der Waals surface area contributed by atoms with Crippen molar-refractivity contribution in [3.05, 3.63) is 40.8 Å². The van der Waals surface area contributed by atoms with Crippen LogP contribution in [0.4, 0.5) is 0 Å². The van der Waals surface area contributed by atoms with Gasteiger partial charge in [-0.3, -0.25) is 0 Å². The van der Waals surface area contributed by atoms with Crippen LogP contribution in [0.2, 0.25) is 5.02 Å². The molecule has 4 heteroatoms. The lowest BCUT2D eigenvalue weighted by atomic mass is 9.89. The van der Waals surface area contributed by atoms with E-state index in [0.29, 0.717) is 0 Å². The monoisotopic (exact) mass is 264 g/mol. The fraction of sp³-hybridized carbons (Fsp3) is 0.429. The van der Waals surface area contributed by atoms with Gasteiger partial charge in [0.05, 0.1) is 11.2 Å². The van der Waals surface area contributed by atoms with Gasteiger partial charge in [-0.1, -0.05) is 41.9 Å². The zero-order valence-corrected chi connectivity index (χ0v) is 12.0. The summed E-state index contributed by atoms with van der Waals surface area (Å²) in [7, 11) is -0.328. The summed E-state index contributed by atoms with van der Waals surface area (Å²) >= 11 is 6.09. The van der Waals surface area contributed by atoms with E-state index in [9.17, 15) is 0 Å². The normalized spacial score (nSPS) is 21.7. The molecule has 1 aromatic rings. The second-order valence-electron chi connectivity index (χ2n) is 5.51. The van der Waals surface area contributed by atoms with E-state index in [4.69, 9.17) is 20.9 Å². The Hall–Kier alpha value is -0.765. The molecule has 0 saturated carbocycles. The molecule has 1 fully saturated rings. The van der Waals surface area contributed by atoms with Crippen molar-refractivity contribution in [2.24, 2.45) is 0 Å². The first-order chi connectivity index (χ1) is 8.32. The minimum Gasteiger partial charge on any atom is -0.400 e. The third-order valence-corrected chi connectivity index (χ3v) is 3.95. The first kappa shape index (κ1) is 13.7. The first-order valence-corrected chi connectivity index (χ1v) is 6.48. The van der Waals surface area contributed by atoms with Gasteiger partial charge in [0.25, 0.3) is 0 Å². The summed E-state index contributed by atoms with van der Waals surface area (Å²) in [5.74, 6) is 1.90. The van der Waals surface area contributed by atoms with E-state index in [1.165, 1.54) is 0 Å². The van der Waals surface area contributed by atoms with Crippen LogP contribution in [-0.4, -0.2) is 18.3 Å². The molecule has 0 amide bonds. The molecule has 1 aliphatic heterocycles. The zero-order chi connectivity index (χ0) is 13.4. The van der Waals surface area contributed by atoms with Gasteiger partial charge in [0, 0.05) is 5.02 Å². The van der Waals surface area contributed by atoms with Crippen LogP contribution in [0.3, 0.4) is 0 Å². The SMILES string of the molecule is CC1(C)OB(/C=C\c2ccccc2Cl)OC1(C)C. The molecule has 0 atom stereocenters. The van der Waals surface area contributed by atoms with Gasteiger partial charge in [-0.15, -0.1) is 0 Å². The number of rotatable bonds is 2. The zero-order valence-electron chi connectivity index (χ0n) is 11.2. The van der Waals surface area contributed by atoms with Gasteiger partial charge in [0.15, 0.2) is 0 Å². The van der Waals surface area contributed by atoms with E-state index in [1.54, 1.807) is 0 Å². The van der Waals surface area contributed by atoms with E-state index in [2.05, 4.69) is 0 Å². The van der Waals surface area contributed by atoms with Gasteiger partial charge < -0.3 is 9.31 Å². The minimum atomic E-state index is -0.328. The molecule has 2 nitrogen and oxygen atoms in total. The van der Waals surface area contributed by atoms with Gasteiger partial charge >= 0.3 is 7.12 Å². The molecule has 1 saturated heterocycles.